The molecule has 1 nitrogen and oxygen atoms in total. The highest BCUT2D eigenvalue weighted by Gasteiger charge is 2.12. The zero-order valence-corrected chi connectivity index (χ0v) is 8.92. The Kier molecular flexibility index (Phi) is 4.07. The van der Waals surface area contributed by atoms with E-state index in [1.54, 1.807) is 0 Å². The minimum atomic E-state index is 0.737. The third kappa shape index (κ3) is 3.25. The van der Waals surface area contributed by atoms with Crippen molar-refractivity contribution in [1.82, 2.24) is 4.90 Å². The highest BCUT2D eigenvalue weighted by molar-refractivity contribution is 5.07. The van der Waals surface area contributed by atoms with Crippen molar-refractivity contribution in [1.29, 1.82) is 0 Å². The molecule has 0 fully saturated rings. The van der Waals surface area contributed by atoms with Crippen molar-refractivity contribution in [2.45, 2.75) is 33.1 Å². The summed E-state index contributed by atoms with van der Waals surface area (Å²) in [5.74, 6) is 0.737. The van der Waals surface area contributed by atoms with Crippen LogP contribution in [0.5, 0.6) is 0 Å². The Morgan fingerprint density at radius 2 is 2.38 bits per heavy atom. The lowest BCUT2D eigenvalue weighted by atomic mass is 10.2. The highest BCUT2D eigenvalue weighted by Crippen LogP contribution is 2.22. The molecule has 0 amide bonds. The second kappa shape index (κ2) is 5.11. The summed E-state index contributed by atoms with van der Waals surface area (Å²) >= 11 is 0. The van der Waals surface area contributed by atoms with E-state index in [4.69, 9.17) is 0 Å². The summed E-state index contributed by atoms with van der Waals surface area (Å²) in [6.45, 7) is 10.5. The van der Waals surface area contributed by atoms with Gasteiger partial charge < -0.3 is 4.90 Å². The van der Waals surface area contributed by atoms with E-state index in [-0.39, 0.29) is 0 Å². The van der Waals surface area contributed by atoms with Crippen LogP contribution in [-0.2, 0) is 0 Å². The van der Waals surface area contributed by atoms with Gasteiger partial charge in [-0.05, 0) is 25.2 Å². The Bertz CT molecular complexity index is 191. The first kappa shape index (κ1) is 10.4. The van der Waals surface area contributed by atoms with Gasteiger partial charge in [0, 0.05) is 18.8 Å². The molecule has 0 atom stereocenters. The Morgan fingerprint density at radius 3 is 2.85 bits per heavy atom. The first-order valence-electron chi connectivity index (χ1n) is 5.29. The van der Waals surface area contributed by atoms with Gasteiger partial charge in [-0.1, -0.05) is 26.0 Å². The second-order valence-corrected chi connectivity index (χ2v) is 4.18. The summed E-state index contributed by atoms with van der Waals surface area (Å²) in [6.07, 6.45) is 8.25. The Morgan fingerprint density at radius 1 is 1.62 bits per heavy atom. The molecule has 0 heterocycles. The Hall–Kier alpha value is -0.720. The minimum absolute atomic E-state index is 0.737. The third-order valence-electron chi connectivity index (χ3n) is 2.36. The largest absolute Gasteiger partial charge is 0.371 e. The van der Waals surface area contributed by atoms with Crippen LogP contribution >= 0.6 is 0 Å². The highest BCUT2D eigenvalue weighted by atomic mass is 15.1. The maximum atomic E-state index is 3.81. The standard InChI is InChI=1S/C12H21N/c1-4-9-13(10-11(2)3)12-7-5-6-8-12/h4,7,11H,1,5-6,8-10H2,2-3H3. The molecule has 74 valence electrons. The Labute approximate surface area is 82.1 Å². The molecule has 0 saturated carbocycles. The van der Waals surface area contributed by atoms with E-state index in [0.29, 0.717) is 0 Å². The van der Waals surface area contributed by atoms with E-state index in [0.717, 1.165) is 19.0 Å². The van der Waals surface area contributed by atoms with Crippen LogP contribution in [0.4, 0.5) is 0 Å². The van der Waals surface area contributed by atoms with Gasteiger partial charge >= 0.3 is 0 Å². The van der Waals surface area contributed by atoms with Crippen molar-refractivity contribution in [2.75, 3.05) is 13.1 Å². The molecule has 13 heavy (non-hydrogen) atoms. The summed E-state index contributed by atoms with van der Waals surface area (Å²) < 4.78 is 0. The van der Waals surface area contributed by atoms with Crippen LogP contribution in [0, 0.1) is 5.92 Å². The molecule has 1 aliphatic carbocycles. The molecule has 0 bridgehead atoms. The summed E-state index contributed by atoms with van der Waals surface area (Å²) in [7, 11) is 0. The van der Waals surface area contributed by atoms with Gasteiger partial charge in [-0.25, -0.2) is 0 Å². The lowest BCUT2D eigenvalue weighted by Crippen LogP contribution is -2.26. The average molecular weight is 179 g/mol. The summed E-state index contributed by atoms with van der Waals surface area (Å²) in [4.78, 5) is 2.46. The van der Waals surface area contributed by atoms with Crippen LogP contribution in [0.25, 0.3) is 0 Å². The van der Waals surface area contributed by atoms with Crippen LogP contribution < -0.4 is 0 Å². The van der Waals surface area contributed by atoms with Crippen molar-refractivity contribution < 1.29 is 0 Å². The number of rotatable bonds is 5. The maximum Gasteiger partial charge on any atom is 0.0353 e. The molecule has 0 radical (unpaired) electrons. The zero-order chi connectivity index (χ0) is 9.68. The molecule has 0 aromatic carbocycles. The quantitative estimate of drug-likeness (QED) is 0.586. The fourth-order valence-electron chi connectivity index (χ4n) is 1.85. The normalized spacial score (nSPS) is 16.1. The van der Waals surface area contributed by atoms with Crippen LogP contribution in [0.1, 0.15) is 33.1 Å². The van der Waals surface area contributed by atoms with Crippen molar-refractivity contribution in [3.05, 3.63) is 24.4 Å². The molecule has 0 spiro atoms. The summed E-state index contributed by atoms with van der Waals surface area (Å²) in [6, 6.07) is 0. The number of allylic oxidation sites excluding steroid dienone is 2. The van der Waals surface area contributed by atoms with Crippen molar-refractivity contribution >= 4 is 0 Å². The van der Waals surface area contributed by atoms with Crippen LogP contribution in [0.2, 0.25) is 0 Å². The molecule has 0 aromatic rings. The van der Waals surface area contributed by atoms with Crippen LogP contribution in [0.15, 0.2) is 24.4 Å². The zero-order valence-electron chi connectivity index (χ0n) is 8.92. The first-order chi connectivity index (χ1) is 6.24. The molecule has 0 N–H and O–H groups in total. The van der Waals surface area contributed by atoms with Crippen molar-refractivity contribution in [3.8, 4) is 0 Å². The Balaban J connectivity index is 2.50. The predicted molar refractivity (Wildman–Crippen MR) is 58.5 cm³/mol. The summed E-state index contributed by atoms with van der Waals surface area (Å²) in [5, 5.41) is 0. The fourth-order valence-corrected chi connectivity index (χ4v) is 1.85. The maximum absolute atomic E-state index is 3.81. The third-order valence-corrected chi connectivity index (χ3v) is 2.36. The minimum Gasteiger partial charge on any atom is -0.371 e. The van der Waals surface area contributed by atoms with E-state index in [2.05, 4.69) is 31.4 Å². The predicted octanol–water partition coefficient (Wildman–Crippen LogP) is 3.20. The number of nitrogens with zero attached hydrogens (tertiary/aromatic N) is 1. The van der Waals surface area contributed by atoms with Gasteiger partial charge in [0.1, 0.15) is 0 Å². The smallest absolute Gasteiger partial charge is 0.0353 e. The van der Waals surface area contributed by atoms with E-state index in [1.165, 1.54) is 25.0 Å². The van der Waals surface area contributed by atoms with E-state index >= 15 is 0 Å². The molecular formula is C12H21N. The first-order valence-corrected chi connectivity index (χ1v) is 5.29. The monoisotopic (exact) mass is 179 g/mol. The number of hydrogen-bond donors (Lipinski definition) is 0. The topological polar surface area (TPSA) is 3.24 Å². The average Bonchev–Trinajstić information content (AvgIpc) is 2.54. The number of hydrogen-bond acceptors (Lipinski definition) is 1. The molecule has 0 aromatic heterocycles. The molecule has 0 saturated heterocycles. The van der Waals surface area contributed by atoms with Crippen LogP contribution in [-0.4, -0.2) is 18.0 Å². The van der Waals surface area contributed by atoms with Gasteiger partial charge in [-0.2, -0.15) is 0 Å². The SMILES string of the molecule is C=CCN(CC(C)C)C1=CCCC1. The van der Waals surface area contributed by atoms with Gasteiger partial charge in [0.2, 0.25) is 0 Å². The molecule has 1 aliphatic rings. The second-order valence-electron chi connectivity index (χ2n) is 4.18. The van der Waals surface area contributed by atoms with E-state index < -0.39 is 0 Å². The fraction of sp³-hybridized carbons (Fsp3) is 0.667. The van der Waals surface area contributed by atoms with Gasteiger partial charge in [0.25, 0.3) is 0 Å². The van der Waals surface area contributed by atoms with Gasteiger partial charge in [-0.15, -0.1) is 6.58 Å². The van der Waals surface area contributed by atoms with Crippen molar-refractivity contribution in [2.24, 2.45) is 5.92 Å². The van der Waals surface area contributed by atoms with Crippen LogP contribution in [0.3, 0.4) is 0 Å². The van der Waals surface area contributed by atoms with Crippen molar-refractivity contribution in [3.63, 3.8) is 0 Å². The van der Waals surface area contributed by atoms with Gasteiger partial charge in [0.15, 0.2) is 0 Å². The molecular weight excluding hydrogens is 158 g/mol. The van der Waals surface area contributed by atoms with Gasteiger partial charge in [0.05, 0.1) is 0 Å². The molecule has 1 heteroatoms. The lowest BCUT2D eigenvalue weighted by Gasteiger charge is -2.26. The molecule has 1 rings (SSSR count). The molecule has 0 unspecified atom stereocenters. The van der Waals surface area contributed by atoms with Gasteiger partial charge in [-0.3, -0.25) is 0 Å². The lowest BCUT2D eigenvalue weighted by molar-refractivity contribution is 0.326. The summed E-state index contributed by atoms with van der Waals surface area (Å²) in [5.41, 5.74) is 1.54. The van der Waals surface area contributed by atoms with E-state index in [1.807, 2.05) is 6.08 Å². The molecule has 0 aliphatic heterocycles. The van der Waals surface area contributed by atoms with E-state index in [9.17, 15) is 0 Å².